The Balaban J connectivity index is 1.36. The quantitative estimate of drug-likeness (QED) is 0.697. The summed E-state index contributed by atoms with van der Waals surface area (Å²) in [5.74, 6) is 2.06. The van der Waals surface area contributed by atoms with Gasteiger partial charge in [-0.05, 0) is 24.6 Å². The van der Waals surface area contributed by atoms with Gasteiger partial charge in [-0.25, -0.2) is 0 Å². The van der Waals surface area contributed by atoms with Gasteiger partial charge in [0, 0.05) is 31.7 Å². The third-order valence-corrected chi connectivity index (χ3v) is 4.67. The zero-order chi connectivity index (χ0) is 18.6. The minimum atomic E-state index is 0.332. The third kappa shape index (κ3) is 3.78. The van der Waals surface area contributed by atoms with Gasteiger partial charge in [0.2, 0.25) is 11.7 Å². The predicted octanol–water partition coefficient (Wildman–Crippen LogP) is 2.03. The molecule has 1 aromatic carbocycles. The second-order valence-corrected chi connectivity index (χ2v) is 6.48. The van der Waals surface area contributed by atoms with Crippen molar-refractivity contribution in [3.8, 4) is 17.5 Å². The molecule has 27 heavy (non-hydrogen) atoms. The van der Waals surface area contributed by atoms with Crippen LogP contribution in [0, 0.1) is 18.3 Å². The fourth-order valence-corrected chi connectivity index (χ4v) is 3.13. The van der Waals surface area contributed by atoms with Crippen molar-refractivity contribution < 1.29 is 4.52 Å². The summed E-state index contributed by atoms with van der Waals surface area (Å²) in [7, 11) is 0. The van der Waals surface area contributed by atoms with Gasteiger partial charge in [-0.2, -0.15) is 10.2 Å². The largest absolute Gasteiger partial charge is 0.353 e. The van der Waals surface area contributed by atoms with Crippen molar-refractivity contribution in [2.75, 3.05) is 31.1 Å². The van der Waals surface area contributed by atoms with Crippen LogP contribution in [0.1, 0.15) is 17.1 Å². The molecule has 1 fully saturated rings. The van der Waals surface area contributed by atoms with E-state index in [1.54, 1.807) is 6.07 Å². The molecule has 1 aliphatic heterocycles. The molecule has 136 valence electrons. The van der Waals surface area contributed by atoms with Crippen LogP contribution in [-0.2, 0) is 6.54 Å². The van der Waals surface area contributed by atoms with Gasteiger partial charge < -0.3 is 9.42 Å². The molecule has 0 spiro atoms. The van der Waals surface area contributed by atoms with Gasteiger partial charge >= 0.3 is 0 Å². The smallest absolute Gasteiger partial charge is 0.241 e. The van der Waals surface area contributed by atoms with Gasteiger partial charge in [0.1, 0.15) is 6.07 Å². The molecule has 0 N–H and O–H groups in total. The van der Waals surface area contributed by atoms with Gasteiger partial charge in [0.25, 0.3) is 0 Å². The Hall–Kier alpha value is -3.31. The summed E-state index contributed by atoms with van der Waals surface area (Å²) in [6.45, 7) is 6.06. The Morgan fingerprint density at radius 1 is 1.07 bits per heavy atom. The zero-order valence-electron chi connectivity index (χ0n) is 15.0. The first-order valence-corrected chi connectivity index (χ1v) is 8.82. The zero-order valence-corrected chi connectivity index (χ0v) is 15.0. The number of rotatable bonds is 4. The van der Waals surface area contributed by atoms with E-state index in [4.69, 9.17) is 9.78 Å². The van der Waals surface area contributed by atoms with E-state index in [9.17, 15) is 0 Å². The van der Waals surface area contributed by atoms with Crippen LogP contribution in [0.5, 0.6) is 0 Å². The Labute approximate surface area is 157 Å². The summed E-state index contributed by atoms with van der Waals surface area (Å²) in [6, 6.07) is 13.5. The van der Waals surface area contributed by atoms with Crippen LogP contribution in [0.15, 0.2) is 40.9 Å². The molecular weight excluding hydrogens is 342 g/mol. The lowest BCUT2D eigenvalue weighted by atomic mass is 10.1. The lowest BCUT2D eigenvalue weighted by Crippen LogP contribution is -2.46. The molecule has 0 unspecified atom stereocenters. The molecule has 0 amide bonds. The number of benzene rings is 1. The van der Waals surface area contributed by atoms with Crippen molar-refractivity contribution in [3.05, 3.63) is 53.5 Å². The summed E-state index contributed by atoms with van der Waals surface area (Å²) < 4.78 is 5.44. The number of hydrogen-bond acceptors (Lipinski definition) is 8. The summed E-state index contributed by atoms with van der Waals surface area (Å²) in [5, 5.41) is 21.0. The van der Waals surface area contributed by atoms with E-state index in [0.717, 1.165) is 43.1 Å². The summed E-state index contributed by atoms with van der Waals surface area (Å²) in [4.78, 5) is 8.99. The molecule has 4 rings (SSSR count). The Kier molecular flexibility index (Phi) is 4.77. The van der Waals surface area contributed by atoms with Crippen molar-refractivity contribution in [2.24, 2.45) is 0 Å². The number of anilines is 1. The Bertz CT molecular complexity index is 953. The topological polar surface area (TPSA) is 95.0 Å². The highest BCUT2D eigenvalue weighted by molar-refractivity contribution is 5.58. The number of nitriles is 1. The van der Waals surface area contributed by atoms with E-state index in [1.807, 2.05) is 43.3 Å². The summed E-state index contributed by atoms with van der Waals surface area (Å²) >= 11 is 0. The summed E-state index contributed by atoms with van der Waals surface area (Å²) in [6.07, 6.45) is 0. The first-order valence-electron chi connectivity index (χ1n) is 8.82. The normalized spacial score (nSPS) is 14.9. The van der Waals surface area contributed by atoms with E-state index >= 15 is 0 Å². The number of nitrogens with zero attached hydrogens (tertiary/aromatic N) is 7. The molecular formula is C19H19N7O. The van der Waals surface area contributed by atoms with Crippen LogP contribution in [-0.4, -0.2) is 51.4 Å². The maximum absolute atomic E-state index is 8.81. The first kappa shape index (κ1) is 17.1. The standard InChI is InChI=1S/C19H19N7O/c1-14-4-2-3-5-16(14)19-21-18(27-24-19)13-25-8-10-26(11-9-25)17-7-6-15(12-20)22-23-17/h2-7H,8-11,13H2,1H3. The highest BCUT2D eigenvalue weighted by Crippen LogP contribution is 2.20. The molecule has 0 radical (unpaired) electrons. The fourth-order valence-electron chi connectivity index (χ4n) is 3.13. The number of piperazine rings is 1. The average Bonchev–Trinajstić information content (AvgIpc) is 3.17. The van der Waals surface area contributed by atoms with E-state index in [-0.39, 0.29) is 0 Å². The van der Waals surface area contributed by atoms with Crippen LogP contribution >= 0.6 is 0 Å². The van der Waals surface area contributed by atoms with E-state index in [0.29, 0.717) is 24.0 Å². The molecule has 8 heteroatoms. The van der Waals surface area contributed by atoms with Crippen molar-refractivity contribution in [1.29, 1.82) is 5.26 Å². The third-order valence-electron chi connectivity index (χ3n) is 4.67. The molecule has 8 nitrogen and oxygen atoms in total. The SMILES string of the molecule is Cc1ccccc1-c1noc(CN2CCN(c3ccc(C#N)nn3)CC2)n1. The van der Waals surface area contributed by atoms with Gasteiger partial charge in [-0.3, -0.25) is 4.90 Å². The number of hydrogen-bond donors (Lipinski definition) is 0. The van der Waals surface area contributed by atoms with Crippen LogP contribution in [0.4, 0.5) is 5.82 Å². The second kappa shape index (κ2) is 7.51. The minimum Gasteiger partial charge on any atom is -0.353 e. The molecule has 3 aromatic rings. The molecule has 0 bridgehead atoms. The Morgan fingerprint density at radius 3 is 2.59 bits per heavy atom. The molecule has 0 aliphatic carbocycles. The lowest BCUT2D eigenvalue weighted by Gasteiger charge is -2.34. The second-order valence-electron chi connectivity index (χ2n) is 6.48. The molecule has 0 saturated carbocycles. The van der Waals surface area contributed by atoms with Crippen molar-refractivity contribution in [3.63, 3.8) is 0 Å². The maximum atomic E-state index is 8.81. The molecule has 1 aliphatic rings. The predicted molar refractivity (Wildman–Crippen MR) is 98.7 cm³/mol. The summed E-state index contributed by atoms with van der Waals surface area (Å²) in [5.41, 5.74) is 2.46. The molecule has 3 heterocycles. The lowest BCUT2D eigenvalue weighted by molar-refractivity contribution is 0.215. The molecule has 0 atom stereocenters. The van der Waals surface area contributed by atoms with Gasteiger partial charge in [0.05, 0.1) is 6.54 Å². The van der Waals surface area contributed by atoms with E-state index in [2.05, 4.69) is 30.1 Å². The molecule has 2 aromatic heterocycles. The van der Waals surface area contributed by atoms with Crippen LogP contribution in [0.3, 0.4) is 0 Å². The first-order chi connectivity index (χ1) is 13.2. The van der Waals surface area contributed by atoms with Gasteiger partial charge in [-0.1, -0.05) is 29.4 Å². The van der Waals surface area contributed by atoms with Crippen molar-refractivity contribution in [2.45, 2.75) is 13.5 Å². The molecule has 1 saturated heterocycles. The fraction of sp³-hybridized carbons (Fsp3) is 0.316. The Morgan fingerprint density at radius 2 is 1.89 bits per heavy atom. The highest BCUT2D eigenvalue weighted by Gasteiger charge is 2.21. The monoisotopic (exact) mass is 361 g/mol. The van der Waals surface area contributed by atoms with Crippen molar-refractivity contribution in [1.82, 2.24) is 25.2 Å². The number of aryl methyl sites for hydroxylation is 1. The van der Waals surface area contributed by atoms with Crippen LogP contribution in [0.2, 0.25) is 0 Å². The maximum Gasteiger partial charge on any atom is 0.241 e. The minimum absolute atomic E-state index is 0.332. The number of aromatic nitrogens is 4. The van der Waals surface area contributed by atoms with Gasteiger partial charge in [-0.15, -0.1) is 10.2 Å². The average molecular weight is 361 g/mol. The van der Waals surface area contributed by atoms with Crippen LogP contribution in [0.25, 0.3) is 11.4 Å². The van der Waals surface area contributed by atoms with E-state index in [1.165, 1.54) is 0 Å². The van der Waals surface area contributed by atoms with Crippen LogP contribution < -0.4 is 4.90 Å². The van der Waals surface area contributed by atoms with Crippen molar-refractivity contribution >= 4 is 5.82 Å². The van der Waals surface area contributed by atoms with Gasteiger partial charge in [0.15, 0.2) is 11.5 Å². The highest BCUT2D eigenvalue weighted by atomic mass is 16.5. The van der Waals surface area contributed by atoms with E-state index < -0.39 is 0 Å².